The van der Waals surface area contributed by atoms with Gasteiger partial charge in [-0.25, -0.2) is 0 Å². The first-order chi connectivity index (χ1) is 12.0. The van der Waals surface area contributed by atoms with Crippen LogP contribution in [0.25, 0.3) is 0 Å². The van der Waals surface area contributed by atoms with Gasteiger partial charge in [0.2, 0.25) is 0 Å². The molecule has 1 fully saturated rings. The number of aryl methyl sites for hydroxylation is 2. The summed E-state index contributed by atoms with van der Waals surface area (Å²) in [6.07, 6.45) is 3.69. The van der Waals surface area contributed by atoms with E-state index in [0.29, 0.717) is 23.0 Å². The van der Waals surface area contributed by atoms with Crippen LogP contribution in [0.3, 0.4) is 0 Å². The van der Waals surface area contributed by atoms with Crippen molar-refractivity contribution in [3.63, 3.8) is 0 Å². The Kier molecular flexibility index (Phi) is 4.98. The Labute approximate surface area is 150 Å². The summed E-state index contributed by atoms with van der Waals surface area (Å²) in [7, 11) is 0. The second kappa shape index (κ2) is 7.18. The molecular weight excluding hydrogens is 310 g/mol. The fraction of sp³-hybridized carbons (Fsp3) is 0.381. The molecule has 0 saturated carbocycles. The zero-order valence-corrected chi connectivity index (χ0v) is 15.3. The molecule has 1 aliphatic rings. The molecule has 4 heteroatoms. The first kappa shape index (κ1) is 17.3. The van der Waals surface area contributed by atoms with Crippen LogP contribution in [-0.4, -0.2) is 18.5 Å². The molecule has 0 spiro atoms. The smallest absolute Gasteiger partial charge is 0.255 e. The molecule has 0 radical (unpaired) electrons. The molecule has 3 N–H and O–H groups in total. The van der Waals surface area contributed by atoms with Crippen LogP contribution in [-0.2, 0) is 0 Å². The van der Waals surface area contributed by atoms with E-state index in [1.54, 1.807) is 0 Å². The maximum absolute atomic E-state index is 12.6. The Morgan fingerprint density at radius 2 is 2.00 bits per heavy atom. The molecule has 4 nitrogen and oxygen atoms in total. The lowest BCUT2D eigenvalue weighted by molar-refractivity contribution is 0.102. The molecule has 1 saturated heterocycles. The Bertz CT molecular complexity index is 785. The van der Waals surface area contributed by atoms with Crippen LogP contribution in [0.2, 0.25) is 0 Å². The molecule has 1 heterocycles. The summed E-state index contributed by atoms with van der Waals surface area (Å²) < 4.78 is 0. The largest absolute Gasteiger partial charge is 0.397 e. The Morgan fingerprint density at radius 3 is 2.72 bits per heavy atom. The van der Waals surface area contributed by atoms with Crippen molar-refractivity contribution in [3.05, 3.63) is 53.1 Å². The van der Waals surface area contributed by atoms with Gasteiger partial charge in [-0.15, -0.1) is 0 Å². The number of hydrogen-bond donors (Lipinski definition) is 2. The molecule has 0 bridgehead atoms. The van der Waals surface area contributed by atoms with Gasteiger partial charge >= 0.3 is 0 Å². The van der Waals surface area contributed by atoms with E-state index in [1.807, 2.05) is 43.3 Å². The van der Waals surface area contributed by atoms with Gasteiger partial charge in [-0.05, 0) is 69.9 Å². The number of nitrogens with zero attached hydrogens (tertiary/aromatic N) is 1. The number of carbonyl (C=O) groups is 1. The van der Waals surface area contributed by atoms with E-state index in [2.05, 4.69) is 24.1 Å². The highest BCUT2D eigenvalue weighted by Crippen LogP contribution is 2.33. The average Bonchev–Trinajstić information content (AvgIpc) is 2.58. The zero-order valence-electron chi connectivity index (χ0n) is 15.3. The number of piperidine rings is 1. The van der Waals surface area contributed by atoms with Crippen molar-refractivity contribution in [2.45, 2.75) is 46.1 Å². The van der Waals surface area contributed by atoms with Crippen molar-refractivity contribution in [3.8, 4) is 0 Å². The molecule has 0 unspecified atom stereocenters. The van der Waals surface area contributed by atoms with E-state index >= 15 is 0 Å². The summed E-state index contributed by atoms with van der Waals surface area (Å²) in [6.45, 7) is 7.38. The number of amides is 1. The minimum absolute atomic E-state index is 0.128. The van der Waals surface area contributed by atoms with Crippen LogP contribution in [0, 0.1) is 13.8 Å². The molecule has 132 valence electrons. The number of nitrogen functional groups attached to an aromatic ring is 1. The van der Waals surface area contributed by atoms with E-state index < -0.39 is 0 Å². The Balaban J connectivity index is 1.88. The lowest BCUT2D eigenvalue weighted by atomic mass is 10.0. The highest BCUT2D eigenvalue weighted by molar-refractivity contribution is 6.06. The van der Waals surface area contributed by atoms with Crippen LogP contribution < -0.4 is 16.0 Å². The van der Waals surface area contributed by atoms with E-state index in [4.69, 9.17) is 5.73 Å². The van der Waals surface area contributed by atoms with Crippen molar-refractivity contribution < 1.29 is 4.79 Å². The number of nitrogens with two attached hydrogens (primary N) is 1. The van der Waals surface area contributed by atoms with Gasteiger partial charge in [-0.1, -0.05) is 17.7 Å². The molecule has 2 aromatic rings. The molecule has 2 aromatic carbocycles. The first-order valence-electron chi connectivity index (χ1n) is 9.00. The molecule has 1 aliphatic heterocycles. The third-order valence-corrected chi connectivity index (χ3v) is 5.01. The van der Waals surface area contributed by atoms with E-state index in [0.717, 1.165) is 17.7 Å². The molecule has 0 aliphatic carbocycles. The van der Waals surface area contributed by atoms with Gasteiger partial charge in [0.25, 0.3) is 5.91 Å². The number of benzene rings is 2. The summed E-state index contributed by atoms with van der Waals surface area (Å²) in [4.78, 5) is 15.0. The fourth-order valence-corrected chi connectivity index (χ4v) is 3.57. The standard InChI is InChI=1S/C21H27N3O/c1-14-7-6-9-17(11-14)21(25)23-19-13-20(15(2)12-18(19)22)24-10-5-4-8-16(24)3/h6-7,9,11-13,16H,4-5,8,10,22H2,1-3H3,(H,23,25)/t16-/m1/s1. The molecule has 1 atom stereocenters. The predicted octanol–water partition coefficient (Wildman–Crippen LogP) is 4.52. The Hall–Kier alpha value is -2.49. The van der Waals surface area contributed by atoms with Gasteiger partial charge in [0.1, 0.15) is 0 Å². The van der Waals surface area contributed by atoms with Gasteiger partial charge < -0.3 is 16.0 Å². The predicted molar refractivity (Wildman–Crippen MR) is 105 cm³/mol. The normalized spacial score (nSPS) is 17.4. The molecular formula is C21H27N3O. The maximum atomic E-state index is 12.6. The number of nitrogens with one attached hydrogen (secondary N) is 1. The second-order valence-corrected chi connectivity index (χ2v) is 7.09. The minimum Gasteiger partial charge on any atom is -0.397 e. The van der Waals surface area contributed by atoms with Crippen molar-refractivity contribution >= 4 is 23.0 Å². The SMILES string of the molecule is Cc1cccc(C(=O)Nc2cc(N3CCCC[C@H]3C)c(C)cc2N)c1. The van der Waals surface area contributed by atoms with Gasteiger partial charge in [0.05, 0.1) is 11.4 Å². The fourth-order valence-electron chi connectivity index (χ4n) is 3.57. The van der Waals surface area contributed by atoms with Crippen LogP contribution in [0.15, 0.2) is 36.4 Å². The number of hydrogen-bond acceptors (Lipinski definition) is 3. The van der Waals surface area contributed by atoms with Gasteiger partial charge in [0, 0.05) is 23.8 Å². The van der Waals surface area contributed by atoms with Gasteiger partial charge in [-0.3, -0.25) is 4.79 Å². The van der Waals surface area contributed by atoms with E-state index in [9.17, 15) is 4.79 Å². The monoisotopic (exact) mass is 337 g/mol. The van der Waals surface area contributed by atoms with Crippen LogP contribution >= 0.6 is 0 Å². The van der Waals surface area contributed by atoms with Crippen molar-refractivity contribution in [2.75, 3.05) is 22.5 Å². The summed E-state index contributed by atoms with van der Waals surface area (Å²) in [5.41, 5.74) is 11.5. The van der Waals surface area contributed by atoms with Crippen molar-refractivity contribution in [1.82, 2.24) is 0 Å². The average molecular weight is 337 g/mol. The van der Waals surface area contributed by atoms with Gasteiger partial charge in [0.15, 0.2) is 0 Å². The molecule has 25 heavy (non-hydrogen) atoms. The van der Waals surface area contributed by atoms with E-state index in [-0.39, 0.29) is 5.91 Å². The number of anilines is 3. The summed E-state index contributed by atoms with van der Waals surface area (Å²) in [5, 5.41) is 2.98. The third kappa shape index (κ3) is 3.78. The van der Waals surface area contributed by atoms with Crippen LogP contribution in [0.5, 0.6) is 0 Å². The van der Waals surface area contributed by atoms with Crippen LogP contribution in [0.1, 0.15) is 47.7 Å². The first-order valence-corrected chi connectivity index (χ1v) is 9.00. The molecule has 0 aromatic heterocycles. The highest BCUT2D eigenvalue weighted by atomic mass is 16.1. The molecule has 1 amide bonds. The second-order valence-electron chi connectivity index (χ2n) is 7.09. The number of carbonyl (C=O) groups excluding carboxylic acids is 1. The van der Waals surface area contributed by atoms with Crippen molar-refractivity contribution in [1.29, 1.82) is 0 Å². The molecule has 3 rings (SSSR count). The van der Waals surface area contributed by atoms with Crippen molar-refractivity contribution in [2.24, 2.45) is 0 Å². The maximum Gasteiger partial charge on any atom is 0.255 e. The summed E-state index contributed by atoms with van der Waals surface area (Å²) in [6, 6.07) is 12.1. The van der Waals surface area contributed by atoms with Gasteiger partial charge in [-0.2, -0.15) is 0 Å². The highest BCUT2D eigenvalue weighted by Gasteiger charge is 2.21. The zero-order chi connectivity index (χ0) is 18.0. The lowest BCUT2D eigenvalue weighted by Gasteiger charge is -2.36. The van der Waals surface area contributed by atoms with E-state index in [1.165, 1.54) is 24.9 Å². The number of rotatable bonds is 3. The lowest BCUT2D eigenvalue weighted by Crippen LogP contribution is -2.37. The third-order valence-electron chi connectivity index (χ3n) is 5.01. The van der Waals surface area contributed by atoms with Crippen LogP contribution in [0.4, 0.5) is 17.1 Å². The quantitative estimate of drug-likeness (QED) is 0.810. The summed E-state index contributed by atoms with van der Waals surface area (Å²) in [5.74, 6) is -0.128. The summed E-state index contributed by atoms with van der Waals surface area (Å²) >= 11 is 0. The topological polar surface area (TPSA) is 58.4 Å². The Morgan fingerprint density at radius 1 is 1.20 bits per heavy atom. The minimum atomic E-state index is -0.128.